The number of para-hydroxylation sites is 3. The quantitative estimate of drug-likeness (QED) is 0.465. The second-order valence-corrected chi connectivity index (χ2v) is 7.29. The van der Waals surface area contributed by atoms with E-state index in [-0.39, 0.29) is 18.5 Å². The van der Waals surface area contributed by atoms with E-state index in [0.29, 0.717) is 5.69 Å². The Morgan fingerprint density at radius 2 is 1.45 bits per heavy atom. The van der Waals surface area contributed by atoms with Crippen molar-refractivity contribution in [1.29, 1.82) is 0 Å². The van der Waals surface area contributed by atoms with Gasteiger partial charge in [0.2, 0.25) is 5.91 Å². The molecule has 0 radical (unpaired) electrons. The lowest BCUT2D eigenvalue weighted by molar-refractivity contribution is -0.137. The SMILES string of the molecule is CC(C)N(C(=O)CNc1ccccc1Nc1ccccc1)c1ccc(C(F)(F)F)cc1. The topological polar surface area (TPSA) is 44.4 Å². The van der Waals surface area contributed by atoms with Crippen molar-refractivity contribution in [1.82, 2.24) is 0 Å². The molecule has 0 aromatic heterocycles. The molecule has 3 aromatic carbocycles. The molecule has 0 aliphatic carbocycles. The molecule has 0 saturated heterocycles. The fraction of sp³-hybridized carbons (Fsp3) is 0.208. The summed E-state index contributed by atoms with van der Waals surface area (Å²) >= 11 is 0. The molecule has 2 N–H and O–H groups in total. The molecule has 0 atom stereocenters. The Balaban J connectivity index is 1.73. The largest absolute Gasteiger partial charge is 0.416 e. The van der Waals surface area contributed by atoms with Gasteiger partial charge in [0.25, 0.3) is 0 Å². The summed E-state index contributed by atoms with van der Waals surface area (Å²) in [6, 6.07) is 21.6. The molecule has 0 heterocycles. The Morgan fingerprint density at radius 3 is 2.03 bits per heavy atom. The molecule has 3 aromatic rings. The van der Waals surface area contributed by atoms with Crippen molar-refractivity contribution in [3.8, 4) is 0 Å². The highest BCUT2D eigenvalue weighted by Gasteiger charge is 2.30. The van der Waals surface area contributed by atoms with Crippen LogP contribution in [-0.4, -0.2) is 18.5 Å². The number of hydrogen-bond donors (Lipinski definition) is 2. The van der Waals surface area contributed by atoms with E-state index in [9.17, 15) is 18.0 Å². The fourth-order valence-electron chi connectivity index (χ4n) is 3.22. The number of benzene rings is 3. The van der Waals surface area contributed by atoms with E-state index in [1.165, 1.54) is 17.0 Å². The second-order valence-electron chi connectivity index (χ2n) is 7.29. The van der Waals surface area contributed by atoms with E-state index in [1.54, 1.807) is 0 Å². The summed E-state index contributed by atoms with van der Waals surface area (Å²) in [5.41, 5.74) is 2.15. The van der Waals surface area contributed by atoms with Crippen molar-refractivity contribution in [2.75, 3.05) is 22.1 Å². The van der Waals surface area contributed by atoms with Crippen molar-refractivity contribution in [3.05, 3.63) is 84.4 Å². The lowest BCUT2D eigenvalue weighted by atomic mass is 10.1. The van der Waals surface area contributed by atoms with Gasteiger partial charge in [-0.1, -0.05) is 30.3 Å². The van der Waals surface area contributed by atoms with Crippen LogP contribution >= 0.6 is 0 Å². The third kappa shape index (κ3) is 5.78. The van der Waals surface area contributed by atoms with Gasteiger partial charge >= 0.3 is 6.18 Å². The van der Waals surface area contributed by atoms with E-state index < -0.39 is 11.7 Å². The first kappa shape index (κ1) is 22.2. The van der Waals surface area contributed by atoms with E-state index in [0.717, 1.165) is 29.2 Å². The lowest BCUT2D eigenvalue weighted by Crippen LogP contribution is -2.40. The zero-order valence-electron chi connectivity index (χ0n) is 17.3. The standard InChI is InChI=1S/C24H24F3N3O/c1-17(2)30(20-14-12-18(13-15-20)24(25,26)27)23(31)16-28-21-10-6-7-11-22(21)29-19-8-4-3-5-9-19/h3-15,17,28-29H,16H2,1-2H3. The van der Waals surface area contributed by atoms with Gasteiger partial charge in [-0.05, 0) is 62.4 Å². The summed E-state index contributed by atoms with van der Waals surface area (Å²) < 4.78 is 38.5. The molecule has 0 fully saturated rings. The fourth-order valence-corrected chi connectivity index (χ4v) is 3.22. The summed E-state index contributed by atoms with van der Waals surface area (Å²) in [5, 5.41) is 6.45. The number of anilines is 4. The first-order valence-electron chi connectivity index (χ1n) is 9.90. The average Bonchev–Trinajstić information content (AvgIpc) is 2.73. The van der Waals surface area contributed by atoms with Gasteiger partial charge in [-0.2, -0.15) is 13.2 Å². The molecule has 3 rings (SSSR count). The number of halogens is 3. The van der Waals surface area contributed by atoms with Crippen LogP contribution in [0.4, 0.5) is 35.9 Å². The number of nitrogens with zero attached hydrogens (tertiary/aromatic N) is 1. The smallest absolute Gasteiger partial charge is 0.374 e. The van der Waals surface area contributed by atoms with Crippen molar-refractivity contribution in [2.24, 2.45) is 0 Å². The van der Waals surface area contributed by atoms with E-state index >= 15 is 0 Å². The zero-order valence-corrected chi connectivity index (χ0v) is 17.3. The molecular formula is C24H24F3N3O. The molecule has 0 saturated carbocycles. The summed E-state index contributed by atoms with van der Waals surface area (Å²) in [6.07, 6.45) is -4.41. The number of carbonyl (C=O) groups excluding carboxylic acids is 1. The molecule has 31 heavy (non-hydrogen) atoms. The molecular weight excluding hydrogens is 403 g/mol. The zero-order chi connectivity index (χ0) is 22.4. The number of alkyl halides is 3. The third-order valence-corrected chi connectivity index (χ3v) is 4.67. The normalized spacial score (nSPS) is 11.3. The summed E-state index contributed by atoms with van der Waals surface area (Å²) in [7, 11) is 0. The highest BCUT2D eigenvalue weighted by Crippen LogP contribution is 2.31. The summed E-state index contributed by atoms with van der Waals surface area (Å²) in [6.45, 7) is 3.63. The lowest BCUT2D eigenvalue weighted by Gasteiger charge is -2.27. The monoisotopic (exact) mass is 427 g/mol. The van der Waals surface area contributed by atoms with Gasteiger partial charge in [0.05, 0.1) is 23.5 Å². The van der Waals surface area contributed by atoms with Crippen LogP contribution in [0.5, 0.6) is 0 Å². The Labute approximate surface area is 179 Å². The maximum Gasteiger partial charge on any atom is 0.416 e. The first-order valence-corrected chi connectivity index (χ1v) is 9.90. The predicted octanol–water partition coefficient (Wildman–Crippen LogP) is 6.30. The van der Waals surface area contributed by atoms with Gasteiger partial charge in [0.1, 0.15) is 0 Å². The van der Waals surface area contributed by atoms with Gasteiger partial charge in [-0.25, -0.2) is 0 Å². The van der Waals surface area contributed by atoms with Gasteiger partial charge in [0, 0.05) is 17.4 Å². The Hall–Kier alpha value is -3.48. The van der Waals surface area contributed by atoms with Crippen LogP contribution in [0.1, 0.15) is 19.4 Å². The van der Waals surface area contributed by atoms with Crippen molar-refractivity contribution >= 4 is 28.7 Å². The molecule has 0 unspecified atom stereocenters. The highest BCUT2D eigenvalue weighted by atomic mass is 19.4. The van der Waals surface area contributed by atoms with E-state index in [1.807, 2.05) is 68.4 Å². The van der Waals surface area contributed by atoms with Crippen LogP contribution in [0.3, 0.4) is 0 Å². The molecule has 4 nitrogen and oxygen atoms in total. The van der Waals surface area contributed by atoms with E-state index in [2.05, 4.69) is 10.6 Å². The number of hydrogen-bond acceptors (Lipinski definition) is 3. The minimum absolute atomic E-state index is 0.00726. The van der Waals surface area contributed by atoms with E-state index in [4.69, 9.17) is 0 Å². The first-order chi connectivity index (χ1) is 14.8. The molecule has 1 amide bonds. The minimum atomic E-state index is -4.41. The van der Waals surface area contributed by atoms with Crippen LogP contribution in [0.25, 0.3) is 0 Å². The molecule has 162 valence electrons. The van der Waals surface area contributed by atoms with Gasteiger partial charge in [-0.15, -0.1) is 0 Å². The second kappa shape index (κ2) is 9.55. The van der Waals surface area contributed by atoms with Gasteiger partial charge in [-0.3, -0.25) is 4.79 Å². The minimum Gasteiger partial charge on any atom is -0.374 e. The average molecular weight is 427 g/mol. The third-order valence-electron chi connectivity index (χ3n) is 4.67. The predicted molar refractivity (Wildman–Crippen MR) is 119 cm³/mol. The summed E-state index contributed by atoms with van der Waals surface area (Å²) in [4.78, 5) is 14.4. The molecule has 0 aliphatic heterocycles. The van der Waals surface area contributed by atoms with Crippen LogP contribution < -0.4 is 15.5 Å². The number of rotatable bonds is 7. The number of nitrogens with one attached hydrogen (secondary N) is 2. The molecule has 0 aliphatic rings. The van der Waals surface area contributed by atoms with Crippen LogP contribution in [0.15, 0.2) is 78.9 Å². The van der Waals surface area contributed by atoms with Crippen LogP contribution in [0.2, 0.25) is 0 Å². The molecule has 0 bridgehead atoms. The summed E-state index contributed by atoms with van der Waals surface area (Å²) in [5.74, 6) is -0.246. The van der Waals surface area contributed by atoms with Crippen molar-refractivity contribution in [3.63, 3.8) is 0 Å². The Bertz CT molecular complexity index is 1000. The molecule has 7 heteroatoms. The van der Waals surface area contributed by atoms with Crippen LogP contribution in [-0.2, 0) is 11.0 Å². The number of carbonyl (C=O) groups is 1. The van der Waals surface area contributed by atoms with Gasteiger partial charge in [0.15, 0.2) is 0 Å². The maximum absolute atomic E-state index is 12.9. The maximum atomic E-state index is 12.9. The van der Waals surface area contributed by atoms with Gasteiger partial charge < -0.3 is 15.5 Å². The van der Waals surface area contributed by atoms with Crippen molar-refractivity contribution in [2.45, 2.75) is 26.1 Å². The molecule has 0 spiro atoms. The van der Waals surface area contributed by atoms with Crippen LogP contribution in [0, 0.1) is 0 Å². The number of amides is 1. The Kier molecular flexibility index (Phi) is 6.84. The Morgan fingerprint density at radius 1 is 0.871 bits per heavy atom. The highest BCUT2D eigenvalue weighted by molar-refractivity contribution is 5.97. The van der Waals surface area contributed by atoms with Crippen molar-refractivity contribution < 1.29 is 18.0 Å².